The number of carbonyl (C=O) groups is 2. The van der Waals surface area contributed by atoms with Gasteiger partial charge in [0.2, 0.25) is 0 Å². The van der Waals surface area contributed by atoms with Gasteiger partial charge in [0.15, 0.2) is 11.5 Å². The van der Waals surface area contributed by atoms with Crippen molar-refractivity contribution in [3.05, 3.63) is 87.4 Å². The van der Waals surface area contributed by atoms with Crippen molar-refractivity contribution >= 4 is 46.9 Å². The van der Waals surface area contributed by atoms with Gasteiger partial charge in [-0.15, -0.1) is 0 Å². The number of rotatable bonds is 8. The minimum atomic E-state index is -0.886. The number of hydrogen-bond acceptors (Lipinski definition) is 5. The Labute approximate surface area is 207 Å². The zero-order chi connectivity index (χ0) is 24.5. The number of carbonyl (C=O) groups excluding carboxylic acids is 2. The van der Waals surface area contributed by atoms with Crippen LogP contribution in [0.25, 0.3) is 0 Å². The Hall–Kier alpha value is -3.55. The molecule has 9 heteroatoms. The van der Waals surface area contributed by atoms with E-state index in [9.17, 15) is 9.59 Å². The topological polar surface area (TPSA) is 89.0 Å². The van der Waals surface area contributed by atoms with Crippen LogP contribution in [0.1, 0.15) is 23.6 Å². The summed E-state index contributed by atoms with van der Waals surface area (Å²) < 4.78 is 11.5. The first-order valence-electron chi connectivity index (χ1n) is 10.4. The first kappa shape index (κ1) is 25.1. The number of hydrazone groups is 1. The van der Waals surface area contributed by atoms with Crippen LogP contribution in [0.4, 0.5) is 5.69 Å². The Kier molecular flexibility index (Phi) is 8.90. The number of nitrogens with zero attached hydrogens (tertiary/aromatic N) is 1. The fourth-order valence-corrected chi connectivity index (χ4v) is 3.14. The van der Waals surface area contributed by atoms with E-state index in [1.165, 1.54) is 6.21 Å². The summed E-state index contributed by atoms with van der Waals surface area (Å²) in [5.74, 6) is -0.660. The number of ether oxygens (including phenoxy) is 2. The van der Waals surface area contributed by atoms with Gasteiger partial charge in [-0.3, -0.25) is 9.59 Å². The molecule has 3 aromatic carbocycles. The van der Waals surface area contributed by atoms with Crippen molar-refractivity contribution in [1.29, 1.82) is 0 Å². The first-order chi connectivity index (χ1) is 16.4. The third-order valence-corrected chi connectivity index (χ3v) is 5.28. The van der Waals surface area contributed by atoms with Crippen molar-refractivity contribution < 1.29 is 19.1 Å². The average molecular weight is 500 g/mol. The van der Waals surface area contributed by atoms with Gasteiger partial charge in [-0.05, 0) is 67.4 Å². The molecule has 0 aliphatic carbocycles. The second-order valence-corrected chi connectivity index (χ2v) is 8.01. The summed E-state index contributed by atoms with van der Waals surface area (Å²) >= 11 is 12.0. The zero-order valence-electron chi connectivity index (χ0n) is 18.6. The molecule has 7 nitrogen and oxygen atoms in total. The van der Waals surface area contributed by atoms with E-state index < -0.39 is 11.8 Å². The molecule has 0 spiro atoms. The van der Waals surface area contributed by atoms with Crippen LogP contribution < -0.4 is 20.2 Å². The van der Waals surface area contributed by atoms with Gasteiger partial charge in [0.1, 0.15) is 6.61 Å². The SMILES string of the molecule is CCOc1cc(/C=N\NC(=O)C(=O)Nc2ccc(C)cc2)ccc1OCc1ccc(Cl)c(Cl)c1. The molecule has 0 heterocycles. The van der Waals surface area contributed by atoms with E-state index in [-0.39, 0.29) is 6.61 Å². The highest BCUT2D eigenvalue weighted by molar-refractivity contribution is 6.42. The van der Waals surface area contributed by atoms with Crippen molar-refractivity contribution in [3.63, 3.8) is 0 Å². The Morgan fingerprint density at radius 1 is 0.912 bits per heavy atom. The van der Waals surface area contributed by atoms with Crippen LogP contribution in [0, 0.1) is 6.92 Å². The van der Waals surface area contributed by atoms with Crippen LogP contribution in [0.2, 0.25) is 10.0 Å². The lowest BCUT2D eigenvalue weighted by molar-refractivity contribution is -0.136. The maximum Gasteiger partial charge on any atom is 0.329 e. The molecule has 0 aromatic heterocycles. The van der Waals surface area contributed by atoms with Gasteiger partial charge >= 0.3 is 11.8 Å². The fourth-order valence-electron chi connectivity index (χ4n) is 2.82. The number of hydrogen-bond donors (Lipinski definition) is 2. The Morgan fingerprint density at radius 2 is 1.68 bits per heavy atom. The molecule has 0 aliphatic heterocycles. The molecule has 0 radical (unpaired) electrons. The van der Waals surface area contributed by atoms with E-state index in [0.29, 0.717) is 39.4 Å². The van der Waals surface area contributed by atoms with E-state index in [4.69, 9.17) is 32.7 Å². The predicted molar refractivity (Wildman–Crippen MR) is 134 cm³/mol. The minimum Gasteiger partial charge on any atom is -0.490 e. The summed E-state index contributed by atoms with van der Waals surface area (Å²) in [6.45, 7) is 4.49. The number of anilines is 1. The molecule has 176 valence electrons. The Bertz CT molecular complexity index is 1200. The second kappa shape index (κ2) is 12.1. The molecule has 3 rings (SSSR count). The normalized spacial score (nSPS) is 10.7. The summed E-state index contributed by atoms with van der Waals surface area (Å²) in [6, 6.07) is 17.6. The van der Waals surface area contributed by atoms with Crippen LogP contribution in [0.5, 0.6) is 11.5 Å². The molecular formula is C25H23Cl2N3O4. The van der Waals surface area contributed by atoms with Crippen molar-refractivity contribution in [2.24, 2.45) is 5.10 Å². The van der Waals surface area contributed by atoms with Crippen LogP contribution >= 0.6 is 23.2 Å². The molecule has 2 amide bonds. The summed E-state index contributed by atoms with van der Waals surface area (Å²) in [6.07, 6.45) is 1.41. The lowest BCUT2D eigenvalue weighted by Crippen LogP contribution is -2.32. The first-order valence-corrected chi connectivity index (χ1v) is 11.2. The van der Waals surface area contributed by atoms with Gasteiger partial charge in [0.25, 0.3) is 0 Å². The molecule has 0 saturated heterocycles. The van der Waals surface area contributed by atoms with Crippen molar-refractivity contribution in [1.82, 2.24) is 5.43 Å². The number of benzene rings is 3. The maximum atomic E-state index is 12.0. The lowest BCUT2D eigenvalue weighted by atomic mass is 10.2. The molecule has 34 heavy (non-hydrogen) atoms. The number of amides is 2. The highest BCUT2D eigenvalue weighted by Gasteiger charge is 2.13. The van der Waals surface area contributed by atoms with Crippen molar-refractivity contribution in [3.8, 4) is 11.5 Å². The summed E-state index contributed by atoms with van der Waals surface area (Å²) in [7, 11) is 0. The van der Waals surface area contributed by atoms with Crippen LogP contribution in [0.3, 0.4) is 0 Å². The largest absolute Gasteiger partial charge is 0.490 e. The van der Waals surface area contributed by atoms with E-state index >= 15 is 0 Å². The fraction of sp³-hybridized carbons (Fsp3) is 0.160. The quantitative estimate of drug-likeness (QED) is 0.247. The van der Waals surface area contributed by atoms with Crippen LogP contribution in [-0.2, 0) is 16.2 Å². The van der Waals surface area contributed by atoms with Crippen molar-refractivity contribution in [2.45, 2.75) is 20.5 Å². The maximum absolute atomic E-state index is 12.0. The Balaban J connectivity index is 1.59. The predicted octanol–water partition coefficient (Wildman–Crippen LogP) is 5.37. The molecule has 2 N–H and O–H groups in total. The molecule has 0 unspecified atom stereocenters. The average Bonchev–Trinajstić information content (AvgIpc) is 2.82. The second-order valence-electron chi connectivity index (χ2n) is 7.20. The van der Waals surface area contributed by atoms with E-state index in [2.05, 4.69) is 15.8 Å². The zero-order valence-corrected chi connectivity index (χ0v) is 20.1. The smallest absolute Gasteiger partial charge is 0.329 e. The third-order valence-electron chi connectivity index (χ3n) is 4.54. The molecule has 0 atom stereocenters. The van der Waals surface area contributed by atoms with Gasteiger partial charge in [-0.2, -0.15) is 5.10 Å². The molecule has 0 fully saturated rings. The molecule has 0 aliphatic rings. The van der Waals surface area contributed by atoms with Gasteiger partial charge in [0.05, 0.1) is 22.9 Å². The summed E-state index contributed by atoms with van der Waals surface area (Å²) in [5, 5.41) is 7.29. The summed E-state index contributed by atoms with van der Waals surface area (Å²) in [4.78, 5) is 24.0. The van der Waals surface area contributed by atoms with Gasteiger partial charge in [0, 0.05) is 5.69 Å². The monoisotopic (exact) mass is 499 g/mol. The van der Waals surface area contributed by atoms with E-state index in [1.54, 1.807) is 42.5 Å². The molecular weight excluding hydrogens is 477 g/mol. The number of nitrogens with one attached hydrogen (secondary N) is 2. The van der Waals surface area contributed by atoms with Gasteiger partial charge in [-0.1, -0.05) is 47.0 Å². The van der Waals surface area contributed by atoms with Crippen molar-refractivity contribution in [2.75, 3.05) is 11.9 Å². The van der Waals surface area contributed by atoms with E-state index in [1.807, 2.05) is 32.0 Å². The number of aryl methyl sites for hydroxylation is 1. The molecule has 0 bridgehead atoms. The highest BCUT2D eigenvalue weighted by atomic mass is 35.5. The minimum absolute atomic E-state index is 0.274. The van der Waals surface area contributed by atoms with E-state index in [0.717, 1.165) is 11.1 Å². The van der Waals surface area contributed by atoms with Gasteiger partial charge in [-0.25, -0.2) is 5.43 Å². The third kappa shape index (κ3) is 7.23. The van der Waals surface area contributed by atoms with Gasteiger partial charge < -0.3 is 14.8 Å². The molecule has 3 aromatic rings. The standard InChI is InChI=1S/C25H23Cl2N3O4/c1-3-33-23-13-17(7-11-22(23)34-15-18-6-10-20(26)21(27)12-18)14-28-30-25(32)24(31)29-19-8-4-16(2)5-9-19/h4-14H,3,15H2,1-2H3,(H,29,31)(H,30,32)/b28-14-. The van der Waals surface area contributed by atoms with Crippen LogP contribution in [0.15, 0.2) is 65.8 Å². The lowest BCUT2D eigenvalue weighted by Gasteiger charge is -2.13. The molecule has 0 saturated carbocycles. The Morgan fingerprint density at radius 3 is 2.38 bits per heavy atom. The summed E-state index contributed by atoms with van der Waals surface area (Å²) in [5.41, 5.74) is 5.27. The van der Waals surface area contributed by atoms with Crippen LogP contribution in [-0.4, -0.2) is 24.6 Å². The number of halogens is 2. The highest BCUT2D eigenvalue weighted by Crippen LogP contribution is 2.30.